The van der Waals surface area contributed by atoms with Crippen molar-refractivity contribution in [1.82, 2.24) is 9.55 Å². The van der Waals surface area contributed by atoms with Crippen LogP contribution in [0.2, 0.25) is 0 Å². The summed E-state index contributed by atoms with van der Waals surface area (Å²) in [5.74, 6) is -0.0252. The van der Waals surface area contributed by atoms with E-state index in [2.05, 4.69) is 15.0 Å². The number of aromatic nitrogens is 2. The van der Waals surface area contributed by atoms with Gasteiger partial charge in [-0.2, -0.15) is 4.98 Å². The van der Waals surface area contributed by atoms with Crippen LogP contribution < -0.4 is 11.4 Å². The SMILES string of the molecule is [N-]=[N+]=N[C@]1(CO)O[C@@H](n2ccc(N)nc2=O)[C@H](O)C1O. The van der Waals surface area contributed by atoms with Gasteiger partial charge in [0.25, 0.3) is 0 Å². The second-order valence-corrected chi connectivity index (χ2v) is 4.18. The maximum Gasteiger partial charge on any atom is 0.351 e. The average Bonchev–Trinajstić information content (AvgIpc) is 2.65. The van der Waals surface area contributed by atoms with Crippen LogP contribution in [0.5, 0.6) is 0 Å². The zero-order chi connectivity index (χ0) is 14.9. The maximum absolute atomic E-state index is 11.7. The lowest BCUT2D eigenvalue weighted by atomic mass is 10.1. The summed E-state index contributed by atoms with van der Waals surface area (Å²) in [6.45, 7) is -0.872. The molecule has 108 valence electrons. The highest BCUT2D eigenvalue weighted by Crippen LogP contribution is 2.37. The molecule has 5 N–H and O–H groups in total. The third kappa shape index (κ3) is 2.09. The Labute approximate surface area is 111 Å². The van der Waals surface area contributed by atoms with Gasteiger partial charge >= 0.3 is 5.69 Å². The Hall–Kier alpha value is -2.17. The number of azide groups is 1. The zero-order valence-electron chi connectivity index (χ0n) is 10.1. The van der Waals surface area contributed by atoms with E-state index in [0.717, 1.165) is 4.57 Å². The number of anilines is 1. The Morgan fingerprint density at radius 2 is 2.35 bits per heavy atom. The quantitative estimate of drug-likeness (QED) is 0.283. The summed E-state index contributed by atoms with van der Waals surface area (Å²) in [6, 6.07) is 1.29. The molecule has 1 fully saturated rings. The summed E-state index contributed by atoms with van der Waals surface area (Å²) in [6.07, 6.45) is -3.48. The van der Waals surface area contributed by atoms with Crippen molar-refractivity contribution in [3.05, 3.63) is 33.2 Å². The second kappa shape index (κ2) is 5.07. The first-order chi connectivity index (χ1) is 9.45. The molecule has 4 atom stereocenters. The maximum atomic E-state index is 11.7. The molecule has 1 aliphatic heterocycles. The summed E-state index contributed by atoms with van der Waals surface area (Å²) in [7, 11) is 0. The van der Waals surface area contributed by atoms with Gasteiger partial charge in [0.15, 0.2) is 6.23 Å². The minimum atomic E-state index is -2.07. The first-order valence-corrected chi connectivity index (χ1v) is 5.51. The van der Waals surface area contributed by atoms with Gasteiger partial charge in [0.1, 0.15) is 18.0 Å². The van der Waals surface area contributed by atoms with Crippen molar-refractivity contribution in [1.29, 1.82) is 0 Å². The molecule has 1 aromatic heterocycles. The first kappa shape index (κ1) is 14.2. The lowest BCUT2D eigenvalue weighted by molar-refractivity contribution is -0.125. The largest absolute Gasteiger partial charge is 0.393 e. The molecule has 2 heterocycles. The molecule has 1 saturated heterocycles. The molecule has 11 nitrogen and oxygen atoms in total. The molecule has 0 aromatic carbocycles. The number of hydrogen-bond donors (Lipinski definition) is 4. The number of nitrogens with two attached hydrogens (primary N) is 1. The minimum Gasteiger partial charge on any atom is -0.393 e. The van der Waals surface area contributed by atoms with Gasteiger partial charge in [0.2, 0.25) is 5.72 Å². The highest BCUT2D eigenvalue weighted by atomic mass is 16.6. The number of nitrogens with zero attached hydrogens (tertiary/aromatic N) is 5. The van der Waals surface area contributed by atoms with Crippen LogP contribution in [0.3, 0.4) is 0 Å². The first-order valence-electron chi connectivity index (χ1n) is 5.51. The monoisotopic (exact) mass is 284 g/mol. The van der Waals surface area contributed by atoms with Crippen LogP contribution in [0.1, 0.15) is 6.23 Å². The summed E-state index contributed by atoms with van der Waals surface area (Å²) >= 11 is 0. The average molecular weight is 284 g/mol. The van der Waals surface area contributed by atoms with Crippen LogP contribution in [0.4, 0.5) is 5.82 Å². The number of aliphatic hydroxyl groups is 3. The summed E-state index contributed by atoms with van der Waals surface area (Å²) in [5, 5.41) is 32.2. The van der Waals surface area contributed by atoms with Gasteiger partial charge in [-0.05, 0) is 11.6 Å². The number of aliphatic hydroxyl groups excluding tert-OH is 3. The number of ether oxygens (including phenoxy) is 1. The fraction of sp³-hybridized carbons (Fsp3) is 0.556. The highest BCUT2D eigenvalue weighted by molar-refractivity contribution is 5.23. The Balaban J connectivity index is 2.45. The molecule has 20 heavy (non-hydrogen) atoms. The molecular weight excluding hydrogens is 272 g/mol. The van der Waals surface area contributed by atoms with Crippen LogP contribution in [0, 0.1) is 0 Å². The van der Waals surface area contributed by atoms with E-state index in [9.17, 15) is 20.1 Å². The molecular formula is C9H12N6O5. The van der Waals surface area contributed by atoms with E-state index in [1.807, 2.05) is 0 Å². The minimum absolute atomic E-state index is 0.0252. The van der Waals surface area contributed by atoms with Gasteiger partial charge in [-0.3, -0.25) is 4.57 Å². The predicted molar refractivity (Wildman–Crippen MR) is 64.0 cm³/mol. The van der Waals surface area contributed by atoms with Crippen molar-refractivity contribution in [2.75, 3.05) is 12.3 Å². The number of hydrogen-bond acceptors (Lipinski definition) is 8. The molecule has 0 amide bonds. The van der Waals surface area contributed by atoms with Crippen LogP contribution in [0.15, 0.2) is 22.2 Å². The molecule has 1 aliphatic rings. The molecule has 1 unspecified atom stereocenters. The van der Waals surface area contributed by atoms with Crippen LogP contribution in [0.25, 0.3) is 10.4 Å². The summed E-state index contributed by atoms with van der Waals surface area (Å²) < 4.78 is 6.05. The van der Waals surface area contributed by atoms with Gasteiger partial charge in [0, 0.05) is 11.1 Å². The third-order valence-electron chi connectivity index (χ3n) is 2.97. The van der Waals surface area contributed by atoms with E-state index in [4.69, 9.17) is 16.0 Å². The fourth-order valence-corrected chi connectivity index (χ4v) is 1.93. The predicted octanol–water partition coefficient (Wildman–Crippen LogP) is -1.92. The van der Waals surface area contributed by atoms with Gasteiger partial charge < -0.3 is 25.8 Å². The van der Waals surface area contributed by atoms with E-state index < -0.39 is 36.5 Å². The second-order valence-electron chi connectivity index (χ2n) is 4.18. The van der Waals surface area contributed by atoms with E-state index >= 15 is 0 Å². The molecule has 0 aliphatic carbocycles. The molecule has 11 heteroatoms. The molecule has 2 rings (SSSR count). The molecule has 0 saturated carbocycles. The van der Waals surface area contributed by atoms with E-state index in [-0.39, 0.29) is 5.82 Å². The number of rotatable bonds is 3. The lowest BCUT2D eigenvalue weighted by Crippen LogP contribution is -2.44. The fourth-order valence-electron chi connectivity index (χ4n) is 1.93. The van der Waals surface area contributed by atoms with Crippen molar-refractivity contribution in [2.24, 2.45) is 5.11 Å². The topological polar surface area (TPSA) is 180 Å². The Kier molecular flexibility index (Phi) is 3.61. The molecule has 0 radical (unpaired) electrons. The van der Waals surface area contributed by atoms with Crippen molar-refractivity contribution >= 4 is 5.82 Å². The third-order valence-corrected chi connectivity index (χ3v) is 2.97. The van der Waals surface area contributed by atoms with Crippen molar-refractivity contribution < 1.29 is 20.1 Å². The smallest absolute Gasteiger partial charge is 0.351 e. The summed E-state index contributed by atoms with van der Waals surface area (Å²) in [5.41, 5.74) is 10.9. The summed E-state index contributed by atoms with van der Waals surface area (Å²) in [4.78, 5) is 17.6. The van der Waals surface area contributed by atoms with Gasteiger partial charge in [0.05, 0.1) is 6.61 Å². The van der Waals surface area contributed by atoms with Crippen molar-refractivity contribution in [3.8, 4) is 0 Å². The van der Waals surface area contributed by atoms with E-state index in [0.29, 0.717) is 0 Å². The Morgan fingerprint density at radius 3 is 2.90 bits per heavy atom. The number of nitrogen functional groups attached to an aromatic ring is 1. The lowest BCUT2D eigenvalue weighted by Gasteiger charge is -2.23. The van der Waals surface area contributed by atoms with Gasteiger partial charge in [-0.25, -0.2) is 4.79 Å². The van der Waals surface area contributed by atoms with Gasteiger partial charge in [-0.15, -0.1) is 0 Å². The highest BCUT2D eigenvalue weighted by Gasteiger charge is 2.54. The Bertz CT molecular complexity index is 613. The van der Waals surface area contributed by atoms with E-state index in [1.54, 1.807) is 0 Å². The molecule has 1 aromatic rings. The van der Waals surface area contributed by atoms with Gasteiger partial charge in [-0.1, -0.05) is 5.11 Å². The van der Waals surface area contributed by atoms with Crippen molar-refractivity contribution in [2.45, 2.75) is 24.2 Å². The Morgan fingerprint density at radius 1 is 1.65 bits per heavy atom. The van der Waals surface area contributed by atoms with Crippen LogP contribution >= 0.6 is 0 Å². The normalized spacial score (nSPS) is 32.9. The van der Waals surface area contributed by atoms with Crippen LogP contribution in [-0.2, 0) is 4.74 Å². The van der Waals surface area contributed by atoms with Crippen LogP contribution in [-0.4, -0.2) is 49.4 Å². The zero-order valence-corrected chi connectivity index (χ0v) is 10.1. The van der Waals surface area contributed by atoms with E-state index in [1.165, 1.54) is 12.3 Å². The standard InChI is InChI=1S/C9H12N6O5/c10-4-1-2-15(8(19)12-4)7-5(17)6(18)9(3-16,20-7)13-14-11/h1-2,5-7,16-18H,3H2,(H2,10,12,19)/t5-,6?,7-,9-/m1/s1. The van der Waals surface area contributed by atoms with Crippen molar-refractivity contribution in [3.63, 3.8) is 0 Å². The molecule has 0 bridgehead atoms. The molecule has 0 spiro atoms.